The maximum absolute atomic E-state index is 11.3. The van der Waals surface area contributed by atoms with Crippen LogP contribution in [0.4, 0.5) is 0 Å². The van der Waals surface area contributed by atoms with Crippen LogP contribution in [0.25, 0.3) is 5.57 Å². The van der Waals surface area contributed by atoms with Crippen LogP contribution >= 0.6 is 0 Å². The van der Waals surface area contributed by atoms with E-state index < -0.39 is 0 Å². The average molecular weight is 512 g/mol. The van der Waals surface area contributed by atoms with E-state index in [0.717, 1.165) is 11.1 Å². The van der Waals surface area contributed by atoms with E-state index >= 15 is 0 Å². The number of carbonyl (C=O) groups excluding carboxylic acids is 1. The van der Waals surface area contributed by atoms with Crippen LogP contribution in [0.5, 0.6) is 0 Å². The monoisotopic (exact) mass is 512 g/mol. The van der Waals surface area contributed by atoms with Gasteiger partial charge in [0.1, 0.15) is 24.6 Å². The molecule has 0 bridgehead atoms. The number of allylic oxidation sites excluding steroid dienone is 1. The van der Waals surface area contributed by atoms with Crippen LogP contribution in [-0.2, 0) is 58.5 Å². The minimum absolute atomic E-state index is 0. The summed E-state index contributed by atoms with van der Waals surface area (Å²) in [6.45, 7) is 8.48. The van der Waals surface area contributed by atoms with Gasteiger partial charge in [-0.2, -0.15) is 0 Å². The van der Waals surface area contributed by atoms with Crippen LogP contribution in [0.2, 0.25) is 0 Å². The molecule has 0 saturated heterocycles. The zero-order chi connectivity index (χ0) is 22.9. The molecule has 0 N–H and O–H groups in total. The zero-order valence-corrected chi connectivity index (χ0v) is 22.3. The van der Waals surface area contributed by atoms with Crippen molar-refractivity contribution in [3.8, 4) is 0 Å². The SMILES string of the molecule is CC.CCO/N=C(/C(CC)=N/OCc1ccccc1/C([C-]=O)=C/OC)c1ccccc1.[Y]. The van der Waals surface area contributed by atoms with E-state index in [0.29, 0.717) is 35.6 Å². The van der Waals surface area contributed by atoms with Crippen molar-refractivity contribution in [2.45, 2.75) is 40.7 Å². The van der Waals surface area contributed by atoms with Crippen molar-refractivity contribution in [2.24, 2.45) is 10.3 Å². The van der Waals surface area contributed by atoms with Crippen LogP contribution in [0.1, 0.15) is 50.8 Å². The van der Waals surface area contributed by atoms with Crippen molar-refractivity contribution in [2.75, 3.05) is 13.7 Å². The van der Waals surface area contributed by atoms with E-state index in [-0.39, 0.29) is 39.3 Å². The van der Waals surface area contributed by atoms with Gasteiger partial charge in [0, 0.05) is 38.3 Å². The van der Waals surface area contributed by atoms with Crippen molar-refractivity contribution in [3.63, 3.8) is 0 Å². The van der Waals surface area contributed by atoms with E-state index in [1.54, 1.807) is 0 Å². The third-order valence-corrected chi connectivity index (χ3v) is 3.99. The van der Waals surface area contributed by atoms with Crippen LogP contribution in [0.3, 0.4) is 0 Å². The zero-order valence-electron chi connectivity index (χ0n) is 19.5. The molecule has 0 fully saturated rings. The second-order valence-corrected chi connectivity index (χ2v) is 5.92. The second-order valence-electron chi connectivity index (χ2n) is 5.92. The van der Waals surface area contributed by atoms with Gasteiger partial charge in [-0.15, -0.1) is 17.2 Å². The van der Waals surface area contributed by atoms with Crippen LogP contribution in [0, 0.1) is 0 Å². The van der Waals surface area contributed by atoms with Gasteiger partial charge in [0.05, 0.1) is 13.4 Å². The maximum atomic E-state index is 11.3. The Bertz CT molecular complexity index is 881. The summed E-state index contributed by atoms with van der Waals surface area (Å²) in [5.74, 6) is 0. The van der Waals surface area contributed by atoms with Gasteiger partial charge in [-0.05, 0) is 19.6 Å². The Kier molecular flexibility index (Phi) is 17.0. The Hall–Kier alpha value is -2.31. The smallest absolute Gasteiger partial charge is 0.134 e. The van der Waals surface area contributed by atoms with Crippen molar-refractivity contribution in [1.29, 1.82) is 0 Å². The Labute approximate surface area is 216 Å². The second kappa shape index (κ2) is 18.3. The summed E-state index contributed by atoms with van der Waals surface area (Å²) in [7, 11) is 1.48. The Morgan fingerprint density at radius 1 is 0.969 bits per heavy atom. The molecule has 0 atom stereocenters. The molecule has 0 aliphatic heterocycles. The molecule has 2 aromatic rings. The van der Waals surface area contributed by atoms with Crippen molar-refractivity contribution >= 4 is 23.3 Å². The van der Waals surface area contributed by atoms with Crippen LogP contribution < -0.4 is 0 Å². The van der Waals surface area contributed by atoms with E-state index in [9.17, 15) is 4.79 Å². The molecule has 2 aromatic carbocycles. The summed E-state index contributed by atoms with van der Waals surface area (Å²) >= 11 is 0. The van der Waals surface area contributed by atoms with Crippen LogP contribution in [0.15, 0.2) is 71.2 Å². The minimum Gasteiger partial charge on any atom is -0.561 e. The normalized spacial score (nSPS) is 11.5. The molecule has 0 aliphatic rings. The number of hydrogen-bond acceptors (Lipinski definition) is 6. The van der Waals surface area contributed by atoms with Crippen molar-refractivity contribution in [1.82, 2.24) is 0 Å². The molecule has 0 unspecified atom stereocenters. The predicted octanol–water partition coefficient (Wildman–Crippen LogP) is 5.53. The molecule has 0 aliphatic carbocycles. The molecule has 0 heterocycles. The summed E-state index contributed by atoms with van der Waals surface area (Å²) in [6, 6.07) is 17.1. The van der Waals surface area contributed by atoms with E-state index in [1.165, 1.54) is 13.4 Å². The van der Waals surface area contributed by atoms with Gasteiger partial charge in [-0.3, -0.25) is 0 Å². The van der Waals surface area contributed by atoms with Crippen molar-refractivity contribution < 1.29 is 51.9 Å². The molecule has 2 rings (SSSR count). The Balaban J connectivity index is 0.00000311. The van der Waals surface area contributed by atoms with Gasteiger partial charge < -0.3 is 19.2 Å². The molecule has 0 aromatic heterocycles. The topological polar surface area (TPSA) is 69.5 Å². The summed E-state index contributed by atoms with van der Waals surface area (Å²) in [5, 5.41) is 8.52. The fourth-order valence-electron chi connectivity index (χ4n) is 2.62. The standard InChI is InChI=1S/C23H25N2O4.C2H6.Y/c1-4-22(23(25-28-5-2)18-11-7-6-8-12-18)24-29-17-19-13-9-10-14-21(19)20(15-26)16-27-3;1-2;/h6-14,16H,4-5,17H2,1-3H3;1-2H3;/q-1;;/b20-16+,24-22+,25-23+;;. The van der Waals surface area contributed by atoms with Gasteiger partial charge in [-0.25, -0.2) is 0 Å². The number of benzene rings is 2. The minimum atomic E-state index is 0. The third-order valence-electron chi connectivity index (χ3n) is 3.99. The molecule has 7 heteroatoms. The molecule has 32 heavy (non-hydrogen) atoms. The summed E-state index contributed by atoms with van der Waals surface area (Å²) in [4.78, 5) is 22.2. The number of oxime groups is 2. The number of methoxy groups -OCH3 is 1. The first kappa shape index (κ1) is 29.7. The first-order valence-electron chi connectivity index (χ1n) is 10.4. The number of hydrogen-bond donors (Lipinski definition) is 0. The quantitative estimate of drug-likeness (QED) is 0.131. The number of rotatable bonds is 11. The summed E-state index contributed by atoms with van der Waals surface area (Å²) in [5.41, 5.74) is 3.98. The third kappa shape index (κ3) is 9.45. The van der Waals surface area contributed by atoms with Gasteiger partial charge in [-0.1, -0.05) is 85.2 Å². The van der Waals surface area contributed by atoms with Gasteiger partial charge in [0.25, 0.3) is 0 Å². The van der Waals surface area contributed by atoms with E-state index in [1.807, 2.05) is 88.6 Å². The summed E-state index contributed by atoms with van der Waals surface area (Å²) < 4.78 is 4.96. The van der Waals surface area contributed by atoms with Crippen molar-refractivity contribution in [3.05, 3.63) is 77.5 Å². The fourth-order valence-corrected chi connectivity index (χ4v) is 2.62. The Morgan fingerprint density at radius 2 is 1.62 bits per heavy atom. The first-order chi connectivity index (χ1) is 15.2. The van der Waals surface area contributed by atoms with Crippen LogP contribution in [-0.4, -0.2) is 31.4 Å². The van der Waals surface area contributed by atoms with E-state index in [2.05, 4.69) is 10.3 Å². The predicted molar refractivity (Wildman–Crippen MR) is 126 cm³/mol. The first-order valence-corrected chi connectivity index (χ1v) is 10.4. The largest absolute Gasteiger partial charge is 0.561 e. The summed E-state index contributed by atoms with van der Waals surface area (Å²) in [6.07, 6.45) is 3.86. The Morgan fingerprint density at radius 3 is 2.22 bits per heavy atom. The number of ether oxygens (including phenoxy) is 1. The van der Waals surface area contributed by atoms with Gasteiger partial charge in [0.2, 0.25) is 0 Å². The molecule has 0 amide bonds. The molecule has 6 nitrogen and oxygen atoms in total. The molecule has 1 radical (unpaired) electrons. The molecule has 169 valence electrons. The average Bonchev–Trinajstić information content (AvgIpc) is 2.84. The number of nitrogens with zero attached hydrogens (tertiary/aromatic N) is 2. The molecule has 0 spiro atoms. The molecular formula is C25H31N2O4Y-. The van der Waals surface area contributed by atoms with E-state index in [4.69, 9.17) is 14.4 Å². The molecule has 0 saturated carbocycles. The maximum Gasteiger partial charge on any atom is 0.134 e. The van der Waals surface area contributed by atoms with Gasteiger partial charge >= 0.3 is 0 Å². The van der Waals surface area contributed by atoms with Gasteiger partial charge in [0.15, 0.2) is 0 Å². The molecular weight excluding hydrogens is 481 g/mol. The fraction of sp³-hybridized carbons (Fsp3) is 0.320.